The molecule has 1 aromatic rings. The van der Waals surface area contributed by atoms with Crippen LogP contribution in [0.25, 0.3) is 0 Å². The maximum Gasteiger partial charge on any atom is 0.00899 e. The first-order chi connectivity index (χ1) is 7.74. The van der Waals surface area contributed by atoms with E-state index in [1.54, 1.807) is 0 Å². The van der Waals surface area contributed by atoms with Gasteiger partial charge in [-0.2, -0.15) is 0 Å². The van der Waals surface area contributed by atoms with E-state index in [9.17, 15) is 0 Å². The molecule has 1 unspecified atom stereocenters. The number of rotatable bonds is 8. The second-order valence-electron chi connectivity index (χ2n) is 4.73. The molecule has 0 fully saturated rings. The lowest BCUT2D eigenvalue weighted by Gasteiger charge is -2.21. The van der Waals surface area contributed by atoms with Crippen LogP contribution in [-0.4, -0.2) is 12.6 Å². The number of hydrogen-bond acceptors (Lipinski definition) is 2. The molecule has 2 heteroatoms. The monoisotopic (exact) mass is 239 g/mol. The maximum absolute atomic E-state index is 3.58. The minimum Gasteiger partial charge on any atom is -0.314 e. The molecule has 16 heavy (non-hydrogen) atoms. The Hall–Kier alpha value is -0.340. The zero-order chi connectivity index (χ0) is 11.8. The summed E-state index contributed by atoms with van der Waals surface area (Å²) >= 11 is 1.88. The quantitative estimate of drug-likeness (QED) is 0.674. The van der Waals surface area contributed by atoms with Gasteiger partial charge >= 0.3 is 0 Å². The van der Waals surface area contributed by atoms with Gasteiger partial charge in [0.1, 0.15) is 0 Å². The molecule has 92 valence electrons. The summed E-state index contributed by atoms with van der Waals surface area (Å²) in [5, 5.41) is 5.75. The highest BCUT2D eigenvalue weighted by Crippen LogP contribution is 2.15. The number of hydrogen-bond donors (Lipinski definition) is 1. The fourth-order valence-electron chi connectivity index (χ4n) is 2.05. The minimum atomic E-state index is 0.702. The van der Waals surface area contributed by atoms with Gasteiger partial charge in [-0.25, -0.2) is 0 Å². The molecule has 0 aromatic carbocycles. The van der Waals surface area contributed by atoms with Crippen molar-refractivity contribution in [3.05, 3.63) is 22.4 Å². The zero-order valence-corrected chi connectivity index (χ0v) is 11.6. The molecule has 1 rings (SSSR count). The minimum absolute atomic E-state index is 0.702. The van der Waals surface area contributed by atoms with E-state index in [-0.39, 0.29) is 0 Å². The Morgan fingerprint density at radius 3 is 2.69 bits per heavy atom. The maximum atomic E-state index is 3.58. The predicted octanol–water partition coefficient (Wildman–Crippen LogP) is 4.10. The van der Waals surface area contributed by atoms with Crippen LogP contribution in [0.5, 0.6) is 0 Å². The molecule has 1 atom stereocenters. The van der Waals surface area contributed by atoms with Gasteiger partial charge in [0, 0.05) is 10.9 Å². The van der Waals surface area contributed by atoms with E-state index in [0.29, 0.717) is 6.04 Å². The molecule has 1 N–H and O–H groups in total. The molecule has 1 heterocycles. The van der Waals surface area contributed by atoms with E-state index >= 15 is 0 Å². The van der Waals surface area contributed by atoms with Gasteiger partial charge < -0.3 is 5.32 Å². The third kappa shape index (κ3) is 5.13. The third-order valence-corrected chi connectivity index (χ3v) is 3.98. The van der Waals surface area contributed by atoms with E-state index in [0.717, 1.165) is 12.5 Å². The summed E-state index contributed by atoms with van der Waals surface area (Å²) in [6, 6.07) is 5.10. The van der Waals surface area contributed by atoms with Gasteiger partial charge in [-0.3, -0.25) is 0 Å². The van der Waals surface area contributed by atoms with Gasteiger partial charge in [0.2, 0.25) is 0 Å². The van der Waals surface area contributed by atoms with Crippen LogP contribution in [0, 0.1) is 5.92 Å². The molecule has 0 bridgehead atoms. The van der Waals surface area contributed by atoms with Crippen LogP contribution in [0.4, 0.5) is 0 Å². The van der Waals surface area contributed by atoms with Crippen LogP contribution < -0.4 is 5.32 Å². The highest BCUT2D eigenvalue weighted by molar-refractivity contribution is 7.09. The van der Waals surface area contributed by atoms with Crippen molar-refractivity contribution >= 4 is 11.3 Å². The second-order valence-corrected chi connectivity index (χ2v) is 5.77. The van der Waals surface area contributed by atoms with Crippen molar-refractivity contribution in [3.8, 4) is 0 Å². The standard InChI is InChI=1S/C14H25NS/c1-4-15-14(12(2)3)10-6-5-8-13-9-7-11-16-13/h7,9,11-12,14-15H,4-6,8,10H2,1-3H3. The van der Waals surface area contributed by atoms with Crippen LogP contribution in [-0.2, 0) is 6.42 Å². The molecule has 0 spiro atoms. The normalized spacial score (nSPS) is 13.2. The Morgan fingerprint density at radius 2 is 2.12 bits per heavy atom. The average Bonchev–Trinajstić information content (AvgIpc) is 2.75. The van der Waals surface area contributed by atoms with E-state index in [1.165, 1.54) is 30.6 Å². The molecule has 0 aliphatic carbocycles. The van der Waals surface area contributed by atoms with Gasteiger partial charge in [-0.1, -0.05) is 33.3 Å². The predicted molar refractivity (Wildman–Crippen MR) is 74.2 cm³/mol. The fraction of sp³-hybridized carbons (Fsp3) is 0.714. The molecule has 0 saturated carbocycles. The van der Waals surface area contributed by atoms with Crippen molar-refractivity contribution in [2.75, 3.05) is 6.54 Å². The molecule has 1 nitrogen and oxygen atoms in total. The van der Waals surface area contributed by atoms with Crippen LogP contribution in [0.2, 0.25) is 0 Å². The summed E-state index contributed by atoms with van der Waals surface area (Å²) in [6.07, 6.45) is 5.24. The Balaban J connectivity index is 2.13. The molecular formula is C14H25NS. The smallest absolute Gasteiger partial charge is 0.00899 e. The molecule has 0 saturated heterocycles. The highest BCUT2D eigenvalue weighted by atomic mass is 32.1. The average molecular weight is 239 g/mol. The molecule has 0 aliphatic rings. The van der Waals surface area contributed by atoms with Crippen LogP contribution in [0.3, 0.4) is 0 Å². The number of nitrogens with one attached hydrogen (secondary N) is 1. The lowest BCUT2D eigenvalue weighted by atomic mass is 9.98. The second kappa shape index (κ2) is 7.86. The van der Waals surface area contributed by atoms with E-state index in [2.05, 4.69) is 43.6 Å². The molecule has 0 amide bonds. The van der Waals surface area contributed by atoms with Crippen molar-refractivity contribution in [2.24, 2.45) is 5.92 Å². The van der Waals surface area contributed by atoms with E-state index in [1.807, 2.05) is 11.3 Å². The number of unbranched alkanes of at least 4 members (excludes halogenated alkanes) is 1. The van der Waals surface area contributed by atoms with Crippen molar-refractivity contribution in [1.82, 2.24) is 5.32 Å². The lowest BCUT2D eigenvalue weighted by Crippen LogP contribution is -2.33. The Labute approximate surface area is 104 Å². The first kappa shape index (κ1) is 13.7. The summed E-state index contributed by atoms with van der Waals surface area (Å²) in [4.78, 5) is 1.53. The first-order valence-electron chi connectivity index (χ1n) is 6.49. The van der Waals surface area contributed by atoms with Gasteiger partial charge in [-0.05, 0) is 43.2 Å². The van der Waals surface area contributed by atoms with Crippen molar-refractivity contribution in [2.45, 2.75) is 52.5 Å². The largest absolute Gasteiger partial charge is 0.314 e. The molecule has 0 aliphatic heterocycles. The van der Waals surface area contributed by atoms with Gasteiger partial charge in [0.25, 0.3) is 0 Å². The van der Waals surface area contributed by atoms with Crippen LogP contribution in [0.15, 0.2) is 17.5 Å². The molecule has 0 radical (unpaired) electrons. The number of aryl methyl sites for hydroxylation is 1. The zero-order valence-electron chi connectivity index (χ0n) is 10.8. The number of thiophene rings is 1. The van der Waals surface area contributed by atoms with Crippen molar-refractivity contribution in [1.29, 1.82) is 0 Å². The summed E-state index contributed by atoms with van der Waals surface area (Å²) in [5.41, 5.74) is 0. The summed E-state index contributed by atoms with van der Waals surface area (Å²) in [6.45, 7) is 7.91. The summed E-state index contributed by atoms with van der Waals surface area (Å²) in [5.74, 6) is 0.752. The summed E-state index contributed by atoms with van der Waals surface area (Å²) in [7, 11) is 0. The fourth-order valence-corrected chi connectivity index (χ4v) is 2.80. The Kier molecular flexibility index (Phi) is 6.74. The van der Waals surface area contributed by atoms with Crippen LogP contribution in [0.1, 0.15) is 44.9 Å². The van der Waals surface area contributed by atoms with Crippen LogP contribution >= 0.6 is 11.3 Å². The van der Waals surface area contributed by atoms with E-state index < -0.39 is 0 Å². The van der Waals surface area contributed by atoms with Crippen molar-refractivity contribution in [3.63, 3.8) is 0 Å². The van der Waals surface area contributed by atoms with Gasteiger partial charge in [0.15, 0.2) is 0 Å². The van der Waals surface area contributed by atoms with Gasteiger partial charge in [-0.15, -0.1) is 11.3 Å². The van der Waals surface area contributed by atoms with Gasteiger partial charge in [0.05, 0.1) is 0 Å². The topological polar surface area (TPSA) is 12.0 Å². The first-order valence-corrected chi connectivity index (χ1v) is 7.37. The lowest BCUT2D eigenvalue weighted by molar-refractivity contribution is 0.373. The SMILES string of the molecule is CCNC(CCCCc1cccs1)C(C)C. The molecule has 1 aromatic heterocycles. The third-order valence-electron chi connectivity index (χ3n) is 3.04. The summed E-state index contributed by atoms with van der Waals surface area (Å²) < 4.78 is 0. The Bertz CT molecular complexity index is 254. The molecular weight excluding hydrogens is 214 g/mol. The highest BCUT2D eigenvalue weighted by Gasteiger charge is 2.10. The van der Waals surface area contributed by atoms with Crippen molar-refractivity contribution < 1.29 is 0 Å². The van der Waals surface area contributed by atoms with E-state index in [4.69, 9.17) is 0 Å². The Morgan fingerprint density at radius 1 is 1.31 bits per heavy atom.